The molecule has 0 aromatic heterocycles. The molecule has 0 bridgehead atoms. The van der Waals surface area contributed by atoms with Crippen molar-refractivity contribution in [1.82, 2.24) is 4.57 Å². The summed E-state index contributed by atoms with van der Waals surface area (Å²) < 4.78 is 2.64. The first-order chi connectivity index (χ1) is 6.02. The standard InChI is InChI=1S/C11H26NSi.Li.H/c1-6-8-10-12(11-9-7-2)13(3,4)5;;/h3,6-11H2,1-2,4-5H3;;. The Balaban J connectivity index is 0. The number of nitrogens with zero attached hydrogens (tertiary/aromatic N) is 1. The molecule has 0 aliphatic carbocycles. The molecule has 1 nitrogen and oxygen atoms in total. The molecular weight excluding hydrogens is 181 g/mol. The summed E-state index contributed by atoms with van der Waals surface area (Å²) in [7, 11) is -1.28. The Morgan fingerprint density at radius 3 is 1.57 bits per heavy atom. The molecule has 0 unspecified atom stereocenters. The first-order valence-electron chi connectivity index (χ1n) is 5.62. The average molecular weight is 208 g/mol. The van der Waals surface area contributed by atoms with Gasteiger partial charge in [-0.1, -0.05) is 39.8 Å². The van der Waals surface area contributed by atoms with Crippen LogP contribution in [0.25, 0.3) is 0 Å². The van der Waals surface area contributed by atoms with E-state index >= 15 is 0 Å². The van der Waals surface area contributed by atoms with E-state index in [0.29, 0.717) is 0 Å². The third kappa shape index (κ3) is 8.11. The van der Waals surface area contributed by atoms with Crippen molar-refractivity contribution in [1.29, 1.82) is 0 Å². The topological polar surface area (TPSA) is 3.24 Å². The van der Waals surface area contributed by atoms with Gasteiger partial charge in [0.05, 0.1) is 0 Å². The van der Waals surface area contributed by atoms with E-state index in [1.165, 1.54) is 38.8 Å². The van der Waals surface area contributed by atoms with E-state index < -0.39 is 8.24 Å². The monoisotopic (exact) mass is 208 g/mol. The van der Waals surface area contributed by atoms with Gasteiger partial charge in [-0.15, -0.1) is 0 Å². The molecule has 81 valence electrons. The molecule has 1 radical (unpaired) electrons. The predicted octanol–water partition coefficient (Wildman–Crippen LogP) is 2.82. The molecule has 0 N–H and O–H groups in total. The number of rotatable bonds is 7. The minimum absolute atomic E-state index is 0. The van der Waals surface area contributed by atoms with Crippen LogP contribution in [0.4, 0.5) is 0 Å². The van der Waals surface area contributed by atoms with Crippen molar-refractivity contribution in [3.8, 4) is 0 Å². The Morgan fingerprint density at radius 2 is 1.36 bits per heavy atom. The second-order valence-corrected chi connectivity index (χ2v) is 8.76. The van der Waals surface area contributed by atoms with E-state index in [2.05, 4.69) is 38.1 Å². The van der Waals surface area contributed by atoms with Crippen molar-refractivity contribution in [3.63, 3.8) is 0 Å². The zero-order valence-electron chi connectivity index (χ0n) is 9.90. The third-order valence-corrected chi connectivity index (χ3v) is 4.58. The Kier molecular flexibility index (Phi) is 11.1. The second-order valence-electron chi connectivity index (χ2n) is 4.51. The first kappa shape index (κ1) is 17.2. The molecule has 0 aromatic rings. The average Bonchev–Trinajstić information content (AvgIpc) is 2.02. The van der Waals surface area contributed by atoms with Crippen LogP contribution in [0.3, 0.4) is 0 Å². The maximum atomic E-state index is 4.34. The van der Waals surface area contributed by atoms with E-state index in [1.54, 1.807) is 0 Å². The van der Waals surface area contributed by atoms with Gasteiger partial charge in [-0.2, -0.15) is 0 Å². The van der Waals surface area contributed by atoms with Gasteiger partial charge in [-0.3, -0.25) is 0 Å². The van der Waals surface area contributed by atoms with Gasteiger partial charge >= 0.3 is 18.9 Å². The van der Waals surface area contributed by atoms with Crippen LogP contribution in [0.5, 0.6) is 0 Å². The van der Waals surface area contributed by atoms with Crippen LogP contribution >= 0.6 is 0 Å². The molecule has 0 aliphatic heterocycles. The molecule has 0 saturated heterocycles. The van der Waals surface area contributed by atoms with Gasteiger partial charge in [0.25, 0.3) is 0 Å². The van der Waals surface area contributed by atoms with Gasteiger partial charge in [0.1, 0.15) is 8.24 Å². The molecule has 3 heteroatoms. The fraction of sp³-hybridized carbons (Fsp3) is 0.909. The first-order valence-corrected chi connectivity index (χ1v) is 8.78. The fourth-order valence-electron chi connectivity index (χ4n) is 1.42. The van der Waals surface area contributed by atoms with E-state index in [1.807, 2.05) is 0 Å². The summed E-state index contributed by atoms with van der Waals surface area (Å²) >= 11 is 0. The van der Waals surface area contributed by atoms with Crippen LogP contribution in [0.15, 0.2) is 0 Å². The Morgan fingerprint density at radius 1 is 1.00 bits per heavy atom. The summed E-state index contributed by atoms with van der Waals surface area (Å²) in [4.78, 5) is 0. The van der Waals surface area contributed by atoms with Gasteiger partial charge in [-0.05, 0) is 32.5 Å². The van der Waals surface area contributed by atoms with Crippen LogP contribution in [0.1, 0.15) is 39.5 Å². The molecule has 0 aliphatic rings. The number of hydrogen-bond acceptors (Lipinski definition) is 1. The van der Waals surface area contributed by atoms with Crippen LogP contribution in [-0.4, -0.2) is 44.8 Å². The molecular formula is C11H27LiNSi. The summed E-state index contributed by atoms with van der Waals surface area (Å²) in [6.07, 6.45) is 5.26. The number of hydrogen-bond donors (Lipinski definition) is 0. The molecule has 0 amide bonds. The zero-order valence-corrected chi connectivity index (χ0v) is 10.9. The van der Waals surface area contributed by atoms with E-state index in [0.717, 1.165) is 0 Å². The fourth-order valence-corrected chi connectivity index (χ4v) is 2.94. The van der Waals surface area contributed by atoms with Gasteiger partial charge in [0.2, 0.25) is 0 Å². The molecule has 0 saturated carbocycles. The summed E-state index contributed by atoms with van der Waals surface area (Å²) in [5.74, 6) is 0. The predicted molar refractivity (Wildman–Crippen MR) is 71.4 cm³/mol. The van der Waals surface area contributed by atoms with Crippen molar-refractivity contribution < 1.29 is 0 Å². The SMILES string of the molecule is [CH2][Si](C)(C)N(CCCC)CCCC.[LiH]. The van der Waals surface area contributed by atoms with Crippen molar-refractivity contribution in [2.45, 2.75) is 52.6 Å². The number of unbranched alkanes of at least 4 members (excludes halogenated alkanes) is 2. The third-order valence-electron chi connectivity index (χ3n) is 2.42. The summed E-state index contributed by atoms with van der Waals surface area (Å²) in [6.45, 7) is 16.1. The zero-order chi connectivity index (χ0) is 10.3. The Labute approximate surface area is 104 Å². The summed E-state index contributed by atoms with van der Waals surface area (Å²) in [6, 6.07) is 0. The van der Waals surface area contributed by atoms with Crippen LogP contribution in [0.2, 0.25) is 13.1 Å². The molecule has 14 heavy (non-hydrogen) atoms. The molecule has 0 heterocycles. The maximum absolute atomic E-state index is 4.34. The minimum atomic E-state index is -1.28. The van der Waals surface area contributed by atoms with Crippen LogP contribution in [0, 0.1) is 6.55 Å². The van der Waals surface area contributed by atoms with Gasteiger partial charge < -0.3 is 4.57 Å². The summed E-state index contributed by atoms with van der Waals surface area (Å²) in [5.41, 5.74) is 0. The van der Waals surface area contributed by atoms with Crippen molar-refractivity contribution in [2.24, 2.45) is 0 Å². The normalized spacial score (nSPS) is 11.6. The molecule has 0 spiro atoms. The van der Waals surface area contributed by atoms with Crippen LogP contribution < -0.4 is 0 Å². The summed E-state index contributed by atoms with van der Waals surface area (Å²) in [5, 5.41) is 0. The van der Waals surface area contributed by atoms with E-state index in [9.17, 15) is 0 Å². The molecule has 0 aromatic carbocycles. The van der Waals surface area contributed by atoms with Gasteiger partial charge in [0, 0.05) is 0 Å². The second kappa shape index (κ2) is 9.03. The molecule has 0 atom stereocenters. The molecule has 0 fully saturated rings. The van der Waals surface area contributed by atoms with Crippen molar-refractivity contribution >= 4 is 27.1 Å². The molecule has 0 rings (SSSR count). The van der Waals surface area contributed by atoms with Crippen molar-refractivity contribution in [2.75, 3.05) is 13.1 Å². The Hall–Kier alpha value is 0.774. The quantitative estimate of drug-likeness (QED) is 0.582. The van der Waals surface area contributed by atoms with E-state index in [-0.39, 0.29) is 18.9 Å². The Bertz CT molecular complexity index is 115. The van der Waals surface area contributed by atoms with Crippen molar-refractivity contribution in [3.05, 3.63) is 6.55 Å². The van der Waals surface area contributed by atoms with Gasteiger partial charge in [0.15, 0.2) is 0 Å². The van der Waals surface area contributed by atoms with Crippen LogP contribution in [-0.2, 0) is 0 Å². The van der Waals surface area contributed by atoms with Gasteiger partial charge in [-0.25, -0.2) is 0 Å². The van der Waals surface area contributed by atoms with E-state index in [4.69, 9.17) is 0 Å².